The van der Waals surface area contributed by atoms with Crippen LogP contribution in [0.3, 0.4) is 0 Å². The number of nitrogens with one attached hydrogen (secondary N) is 1. The Labute approximate surface area is 151 Å². The molecule has 140 valence electrons. The molecular formula is C18H23N3O5. The Bertz CT molecular complexity index is 792. The van der Waals surface area contributed by atoms with Crippen LogP contribution in [-0.2, 0) is 16.6 Å². The van der Waals surface area contributed by atoms with Crippen LogP contribution >= 0.6 is 0 Å². The van der Waals surface area contributed by atoms with E-state index >= 15 is 0 Å². The highest BCUT2D eigenvalue weighted by atomic mass is 16.5. The molecule has 0 spiro atoms. The van der Waals surface area contributed by atoms with Crippen molar-refractivity contribution in [2.75, 3.05) is 12.4 Å². The molecule has 8 heteroatoms. The molecular weight excluding hydrogens is 338 g/mol. The van der Waals surface area contributed by atoms with E-state index in [1.54, 1.807) is 6.07 Å². The second-order valence-corrected chi connectivity index (χ2v) is 6.88. The Morgan fingerprint density at radius 2 is 2.04 bits per heavy atom. The summed E-state index contributed by atoms with van der Waals surface area (Å²) >= 11 is 0. The number of aromatic carboxylic acids is 1. The zero-order valence-corrected chi connectivity index (χ0v) is 15.3. The lowest BCUT2D eigenvalue weighted by Gasteiger charge is -2.11. The highest BCUT2D eigenvalue weighted by Crippen LogP contribution is 2.23. The van der Waals surface area contributed by atoms with Crippen LogP contribution in [0.4, 0.5) is 5.69 Å². The third-order valence-electron chi connectivity index (χ3n) is 3.66. The molecule has 2 aromatic rings. The van der Waals surface area contributed by atoms with Gasteiger partial charge in [0, 0.05) is 18.3 Å². The number of carboxylic acids is 1. The molecule has 0 fully saturated rings. The number of aryl methyl sites for hydroxylation is 1. The van der Waals surface area contributed by atoms with E-state index in [0.717, 1.165) is 0 Å². The maximum Gasteiger partial charge on any atom is 0.337 e. The number of rotatable bonds is 7. The fourth-order valence-electron chi connectivity index (χ4n) is 2.21. The van der Waals surface area contributed by atoms with E-state index in [1.807, 2.05) is 20.8 Å². The van der Waals surface area contributed by atoms with Gasteiger partial charge in [-0.15, -0.1) is 0 Å². The summed E-state index contributed by atoms with van der Waals surface area (Å²) in [6, 6.07) is 4.47. The molecule has 1 heterocycles. The standard InChI is InChI=1S/C18H23N3O5/c1-18(2,3)17-20-15(26-21-17)7-5-6-14(22)19-13-9-8-11(25-4)10-12(13)16(23)24/h8-10H,5-7H2,1-4H3,(H,19,22)(H,23,24). The number of methoxy groups -OCH3 is 1. The van der Waals surface area contributed by atoms with Crippen LogP contribution in [0.5, 0.6) is 5.75 Å². The molecule has 0 unspecified atom stereocenters. The van der Waals surface area contributed by atoms with Crippen molar-refractivity contribution < 1.29 is 24.0 Å². The van der Waals surface area contributed by atoms with E-state index in [-0.39, 0.29) is 29.0 Å². The average Bonchev–Trinajstić information content (AvgIpc) is 3.04. The van der Waals surface area contributed by atoms with Crippen molar-refractivity contribution in [3.05, 3.63) is 35.5 Å². The maximum absolute atomic E-state index is 12.1. The molecule has 0 aliphatic rings. The molecule has 0 saturated heterocycles. The Hall–Kier alpha value is -2.90. The third kappa shape index (κ3) is 5.05. The minimum atomic E-state index is -1.14. The van der Waals surface area contributed by atoms with Crippen LogP contribution in [0.1, 0.15) is 55.7 Å². The Morgan fingerprint density at radius 1 is 1.31 bits per heavy atom. The van der Waals surface area contributed by atoms with Gasteiger partial charge in [0.05, 0.1) is 18.4 Å². The lowest BCUT2D eigenvalue weighted by atomic mass is 9.96. The van der Waals surface area contributed by atoms with Gasteiger partial charge in [-0.05, 0) is 24.6 Å². The van der Waals surface area contributed by atoms with Crippen molar-refractivity contribution >= 4 is 17.6 Å². The van der Waals surface area contributed by atoms with Crippen molar-refractivity contribution in [1.82, 2.24) is 10.1 Å². The van der Waals surface area contributed by atoms with Gasteiger partial charge in [-0.1, -0.05) is 25.9 Å². The van der Waals surface area contributed by atoms with Gasteiger partial charge >= 0.3 is 5.97 Å². The number of benzene rings is 1. The minimum Gasteiger partial charge on any atom is -0.497 e. The van der Waals surface area contributed by atoms with Gasteiger partial charge in [-0.2, -0.15) is 4.98 Å². The molecule has 0 saturated carbocycles. The molecule has 1 aromatic heterocycles. The van der Waals surface area contributed by atoms with E-state index in [9.17, 15) is 14.7 Å². The van der Waals surface area contributed by atoms with Gasteiger partial charge in [-0.3, -0.25) is 4.79 Å². The van der Waals surface area contributed by atoms with Crippen molar-refractivity contribution in [3.8, 4) is 5.75 Å². The maximum atomic E-state index is 12.1. The van der Waals surface area contributed by atoms with Gasteiger partial charge in [-0.25, -0.2) is 4.79 Å². The molecule has 1 aromatic carbocycles. The number of carbonyl (C=O) groups excluding carboxylic acids is 1. The lowest BCUT2D eigenvalue weighted by molar-refractivity contribution is -0.116. The van der Waals surface area contributed by atoms with Crippen molar-refractivity contribution in [3.63, 3.8) is 0 Å². The number of hydrogen-bond acceptors (Lipinski definition) is 6. The zero-order chi connectivity index (χ0) is 19.3. The first-order valence-electron chi connectivity index (χ1n) is 8.25. The smallest absolute Gasteiger partial charge is 0.337 e. The number of nitrogens with zero attached hydrogens (tertiary/aromatic N) is 2. The summed E-state index contributed by atoms with van der Waals surface area (Å²) in [6.45, 7) is 5.97. The second-order valence-electron chi connectivity index (χ2n) is 6.88. The largest absolute Gasteiger partial charge is 0.497 e. The van der Waals surface area contributed by atoms with Gasteiger partial charge in [0.15, 0.2) is 5.82 Å². The van der Waals surface area contributed by atoms with E-state index in [1.165, 1.54) is 19.2 Å². The van der Waals surface area contributed by atoms with Crippen LogP contribution in [0, 0.1) is 0 Å². The molecule has 0 aliphatic carbocycles. The van der Waals surface area contributed by atoms with Crippen LogP contribution in [0.25, 0.3) is 0 Å². The SMILES string of the molecule is COc1ccc(NC(=O)CCCc2nc(C(C)(C)C)no2)c(C(=O)O)c1. The van der Waals surface area contributed by atoms with E-state index in [2.05, 4.69) is 15.5 Å². The van der Waals surface area contributed by atoms with Gasteiger partial charge in [0.2, 0.25) is 11.8 Å². The van der Waals surface area contributed by atoms with Gasteiger partial charge in [0.1, 0.15) is 5.75 Å². The summed E-state index contributed by atoms with van der Waals surface area (Å²) in [5.41, 5.74) is 0.0151. The summed E-state index contributed by atoms with van der Waals surface area (Å²) in [5, 5.41) is 15.8. The number of anilines is 1. The monoisotopic (exact) mass is 361 g/mol. The predicted octanol–water partition coefficient (Wildman–Crippen LogP) is 3.04. The van der Waals surface area contributed by atoms with Gasteiger partial charge < -0.3 is 19.7 Å². The Morgan fingerprint density at radius 3 is 2.62 bits per heavy atom. The fourth-order valence-corrected chi connectivity index (χ4v) is 2.21. The highest BCUT2D eigenvalue weighted by molar-refractivity contribution is 6.00. The highest BCUT2D eigenvalue weighted by Gasteiger charge is 2.21. The van der Waals surface area contributed by atoms with Crippen molar-refractivity contribution in [1.29, 1.82) is 0 Å². The lowest BCUT2D eigenvalue weighted by Crippen LogP contribution is -2.15. The molecule has 0 radical (unpaired) electrons. The van der Waals surface area contributed by atoms with Crippen LogP contribution in [-0.4, -0.2) is 34.2 Å². The Balaban J connectivity index is 1.91. The second kappa shape index (κ2) is 7.99. The summed E-state index contributed by atoms with van der Waals surface area (Å²) in [7, 11) is 1.45. The first kappa shape index (κ1) is 19.4. The fraction of sp³-hybridized carbons (Fsp3) is 0.444. The number of amides is 1. The Kier molecular flexibility index (Phi) is 5.97. The molecule has 0 aliphatic heterocycles. The minimum absolute atomic E-state index is 0.0237. The molecule has 0 atom stereocenters. The molecule has 26 heavy (non-hydrogen) atoms. The first-order chi connectivity index (χ1) is 12.2. The van der Waals surface area contributed by atoms with Crippen molar-refractivity contribution in [2.45, 2.75) is 45.4 Å². The molecule has 8 nitrogen and oxygen atoms in total. The van der Waals surface area contributed by atoms with Gasteiger partial charge in [0.25, 0.3) is 0 Å². The number of aromatic nitrogens is 2. The number of ether oxygens (including phenoxy) is 1. The summed E-state index contributed by atoms with van der Waals surface area (Å²) < 4.78 is 10.2. The van der Waals surface area contributed by atoms with E-state index in [0.29, 0.717) is 30.3 Å². The van der Waals surface area contributed by atoms with Crippen LogP contribution < -0.4 is 10.1 Å². The zero-order valence-electron chi connectivity index (χ0n) is 15.3. The normalized spacial score (nSPS) is 11.2. The van der Waals surface area contributed by atoms with Crippen LogP contribution in [0.15, 0.2) is 22.7 Å². The van der Waals surface area contributed by atoms with Crippen LogP contribution in [0.2, 0.25) is 0 Å². The topological polar surface area (TPSA) is 115 Å². The first-order valence-corrected chi connectivity index (χ1v) is 8.25. The molecule has 2 N–H and O–H groups in total. The van der Waals surface area contributed by atoms with E-state index in [4.69, 9.17) is 9.26 Å². The van der Waals surface area contributed by atoms with E-state index < -0.39 is 5.97 Å². The quantitative estimate of drug-likeness (QED) is 0.779. The summed E-state index contributed by atoms with van der Waals surface area (Å²) in [6.07, 6.45) is 1.19. The molecule has 0 bridgehead atoms. The summed E-state index contributed by atoms with van der Waals surface area (Å²) in [4.78, 5) is 27.7. The molecule has 1 amide bonds. The summed E-state index contributed by atoms with van der Waals surface area (Å²) in [5.74, 6) is 0.0964. The predicted molar refractivity (Wildman–Crippen MR) is 94.5 cm³/mol. The molecule has 2 rings (SSSR count). The third-order valence-corrected chi connectivity index (χ3v) is 3.66. The number of hydrogen-bond donors (Lipinski definition) is 2. The number of carbonyl (C=O) groups is 2. The number of carboxylic acid groups (broad SMARTS) is 1. The van der Waals surface area contributed by atoms with Crippen molar-refractivity contribution in [2.24, 2.45) is 0 Å². The average molecular weight is 361 g/mol.